The van der Waals surface area contributed by atoms with Gasteiger partial charge in [0.2, 0.25) is 5.91 Å². The van der Waals surface area contributed by atoms with Gasteiger partial charge < -0.3 is 19.9 Å². The predicted molar refractivity (Wildman–Crippen MR) is 146 cm³/mol. The number of halogens is 3. The first kappa shape index (κ1) is 28.5. The van der Waals surface area contributed by atoms with E-state index in [-0.39, 0.29) is 31.8 Å². The quantitative estimate of drug-likeness (QED) is 0.461. The van der Waals surface area contributed by atoms with Crippen molar-refractivity contribution in [1.82, 2.24) is 19.7 Å². The monoisotopic (exact) mass is 549 g/mol. The fraction of sp³-hybridized carbons (Fsp3) is 0.571. The standard InChI is InChI=1S/C28H38ClF2N5O2/c1-21(2)18-35-15-16-38-27-22(19-35)5-3-7-24(27)33-17-26(37)36(20-25-23(29)6-4-10-32-25)14-13-34-11-8-28(30,31)9-12-34/h3-7,10,21,33H,8-9,11-20H2,1-2H3. The Morgan fingerprint density at radius 2 is 1.97 bits per heavy atom. The number of benzene rings is 1. The average Bonchev–Trinajstić information content (AvgIpc) is 3.08. The van der Waals surface area contributed by atoms with Crippen molar-refractivity contribution in [3.05, 3.63) is 52.8 Å². The smallest absolute Gasteiger partial charge is 0.250 e. The van der Waals surface area contributed by atoms with Crippen LogP contribution in [-0.2, 0) is 17.9 Å². The maximum Gasteiger partial charge on any atom is 0.250 e. The van der Waals surface area contributed by atoms with Gasteiger partial charge in [0.05, 0.1) is 29.5 Å². The number of likely N-dealkylation sites (tertiary alicyclic amines) is 1. The zero-order chi connectivity index (χ0) is 27.1. The van der Waals surface area contributed by atoms with Gasteiger partial charge >= 0.3 is 0 Å². The van der Waals surface area contributed by atoms with E-state index in [4.69, 9.17) is 16.3 Å². The third-order valence-corrected chi connectivity index (χ3v) is 7.34. The van der Waals surface area contributed by atoms with Crippen LogP contribution < -0.4 is 10.1 Å². The van der Waals surface area contributed by atoms with Crippen molar-refractivity contribution in [2.24, 2.45) is 5.92 Å². The third-order valence-electron chi connectivity index (χ3n) is 7.00. The second kappa shape index (κ2) is 13.0. The molecule has 0 aliphatic carbocycles. The van der Waals surface area contributed by atoms with Crippen molar-refractivity contribution in [2.75, 3.05) is 57.7 Å². The number of anilines is 1. The molecule has 4 rings (SSSR count). The van der Waals surface area contributed by atoms with E-state index >= 15 is 0 Å². The molecule has 10 heteroatoms. The molecule has 1 aromatic carbocycles. The van der Waals surface area contributed by atoms with E-state index in [1.54, 1.807) is 23.2 Å². The number of rotatable bonds is 10. The summed E-state index contributed by atoms with van der Waals surface area (Å²) >= 11 is 6.33. The first-order valence-corrected chi connectivity index (χ1v) is 13.8. The van der Waals surface area contributed by atoms with Crippen molar-refractivity contribution in [2.45, 2.75) is 45.7 Å². The first-order valence-electron chi connectivity index (χ1n) is 13.4. The number of hydrogen-bond donors (Lipinski definition) is 1. The van der Waals surface area contributed by atoms with Gasteiger partial charge in [-0.3, -0.25) is 14.7 Å². The Hall–Kier alpha value is -2.49. The van der Waals surface area contributed by atoms with E-state index in [1.165, 1.54) is 0 Å². The molecule has 1 N–H and O–H groups in total. The van der Waals surface area contributed by atoms with Crippen LogP contribution in [0.15, 0.2) is 36.5 Å². The number of para-hydroxylation sites is 1. The van der Waals surface area contributed by atoms with Gasteiger partial charge in [0.1, 0.15) is 12.4 Å². The SMILES string of the molecule is CC(C)CN1CCOc2c(cccc2NCC(=O)N(CCN2CCC(F)(F)CC2)Cc2ncccc2Cl)C1. The molecule has 0 unspecified atom stereocenters. The number of carbonyl (C=O) groups excluding carboxylic acids is 1. The Bertz CT molecular complexity index is 1080. The van der Waals surface area contributed by atoms with Gasteiger partial charge in [0.15, 0.2) is 0 Å². The van der Waals surface area contributed by atoms with Crippen LogP contribution in [-0.4, -0.2) is 83.9 Å². The lowest BCUT2D eigenvalue weighted by Gasteiger charge is -2.33. The van der Waals surface area contributed by atoms with E-state index in [2.05, 4.69) is 35.1 Å². The molecular formula is C28H38ClF2N5O2. The summed E-state index contributed by atoms with van der Waals surface area (Å²) in [5.74, 6) is -1.36. The van der Waals surface area contributed by atoms with Gasteiger partial charge in [-0.15, -0.1) is 0 Å². The minimum absolute atomic E-state index is 0.0675. The fourth-order valence-electron chi connectivity index (χ4n) is 4.94. The highest BCUT2D eigenvalue weighted by atomic mass is 35.5. The van der Waals surface area contributed by atoms with E-state index in [0.717, 1.165) is 36.6 Å². The summed E-state index contributed by atoms with van der Waals surface area (Å²) in [7, 11) is 0. The molecule has 208 valence electrons. The molecule has 0 bridgehead atoms. The fourth-order valence-corrected chi connectivity index (χ4v) is 5.13. The number of ether oxygens (including phenoxy) is 1. The number of aromatic nitrogens is 1. The average molecular weight is 550 g/mol. The second-order valence-electron chi connectivity index (χ2n) is 10.6. The zero-order valence-electron chi connectivity index (χ0n) is 22.3. The molecule has 38 heavy (non-hydrogen) atoms. The molecule has 3 heterocycles. The van der Waals surface area contributed by atoms with Crippen LogP contribution in [0.25, 0.3) is 0 Å². The Balaban J connectivity index is 1.42. The van der Waals surface area contributed by atoms with Gasteiger partial charge in [-0.1, -0.05) is 37.6 Å². The largest absolute Gasteiger partial charge is 0.490 e. The molecule has 7 nitrogen and oxygen atoms in total. The van der Waals surface area contributed by atoms with Crippen LogP contribution in [0, 0.1) is 5.92 Å². The predicted octanol–water partition coefficient (Wildman–Crippen LogP) is 4.76. The number of amides is 1. The van der Waals surface area contributed by atoms with Crippen molar-refractivity contribution < 1.29 is 18.3 Å². The van der Waals surface area contributed by atoms with Gasteiger partial charge in [-0.2, -0.15) is 0 Å². The molecular weight excluding hydrogens is 512 g/mol. The molecule has 0 spiro atoms. The molecule has 0 atom stereocenters. The van der Waals surface area contributed by atoms with Crippen LogP contribution >= 0.6 is 11.6 Å². The van der Waals surface area contributed by atoms with Gasteiger partial charge in [-0.25, -0.2) is 8.78 Å². The molecule has 0 saturated carbocycles. The van der Waals surface area contributed by atoms with Crippen LogP contribution in [0.2, 0.25) is 5.02 Å². The Morgan fingerprint density at radius 3 is 2.71 bits per heavy atom. The number of pyridine rings is 1. The highest BCUT2D eigenvalue weighted by Gasteiger charge is 2.34. The number of fused-ring (bicyclic) bond motifs is 1. The lowest BCUT2D eigenvalue weighted by atomic mass is 10.1. The van der Waals surface area contributed by atoms with E-state index in [0.29, 0.717) is 49.4 Å². The molecule has 2 aliphatic heterocycles. The normalized spacial score (nSPS) is 17.9. The van der Waals surface area contributed by atoms with Crippen LogP contribution in [0.4, 0.5) is 14.5 Å². The summed E-state index contributed by atoms with van der Waals surface area (Å²) in [5, 5.41) is 3.77. The maximum absolute atomic E-state index is 13.6. The van der Waals surface area contributed by atoms with Crippen molar-refractivity contribution in [3.63, 3.8) is 0 Å². The minimum atomic E-state index is -2.60. The highest BCUT2D eigenvalue weighted by molar-refractivity contribution is 6.31. The zero-order valence-corrected chi connectivity index (χ0v) is 23.0. The number of alkyl halides is 2. The van der Waals surface area contributed by atoms with Crippen molar-refractivity contribution >= 4 is 23.2 Å². The molecule has 2 aliphatic rings. The topological polar surface area (TPSA) is 60.9 Å². The molecule has 1 aromatic heterocycles. The minimum Gasteiger partial charge on any atom is -0.490 e. The van der Waals surface area contributed by atoms with E-state index < -0.39 is 5.92 Å². The molecule has 1 saturated heterocycles. The maximum atomic E-state index is 13.6. The lowest BCUT2D eigenvalue weighted by Crippen LogP contribution is -2.45. The lowest BCUT2D eigenvalue weighted by molar-refractivity contribution is -0.130. The summed E-state index contributed by atoms with van der Waals surface area (Å²) in [6.07, 6.45) is 1.35. The molecule has 2 aromatic rings. The number of nitrogens with one attached hydrogen (secondary N) is 1. The van der Waals surface area contributed by atoms with Crippen molar-refractivity contribution in [3.8, 4) is 5.75 Å². The summed E-state index contributed by atoms with van der Waals surface area (Å²) in [5.41, 5.74) is 2.49. The second-order valence-corrected chi connectivity index (χ2v) is 11.0. The first-order chi connectivity index (χ1) is 18.2. The van der Waals surface area contributed by atoms with Gasteiger partial charge in [0.25, 0.3) is 5.92 Å². The van der Waals surface area contributed by atoms with Crippen LogP contribution in [0.1, 0.15) is 37.9 Å². The number of nitrogens with zero attached hydrogens (tertiary/aromatic N) is 4. The molecule has 1 fully saturated rings. The van der Waals surface area contributed by atoms with Gasteiger partial charge in [0, 0.05) is 70.4 Å². The Labute approximate surface area is 229 Å². The summed E-state index contributed by atoms with van der Waals surface area (Å²) in [6.45, 7) is 9.52. The van der Waals surface area contributed by atoms with Crippen LogP contribution in [0.3, 0.4) is 0 Å². The van der Waals surface area contributed by atoms with E-state index in [1.807, 2.05) is 17.0 Å². The Kier molecular flexibility index (Phi) is 9.79. The van der Waals surface area contributed by atoms with Crippen molar-refractivity contribution in [1.29, 1.82) is 0 Å². The summed E-state index contributed by atoms with van der Waals surface area (Å²) in [4.78, 5) is 23.8. The molecule has 1 amide bonds. The molecule has 0 radical (unpaired) electrons. The third kappa shape index (κ3) is 8.01. The van der Waals surface area contributed by atoms with Gasteiger partial charge in [-0.05, 0) is 24.1 Å². The Morgan fingerprint density at radius 1 is 1.18 bits per heavy atom. The number of hydrogen-bond acceptors (Lipinski definition) is 6. The highest BCUT2D eigenvalue weighted by Crippen LogP contribution is 2.32. The summed E-state index contributed by atoms with van der Waals surface area (Å²) in [6, 6.07) is 9.47. The van der Waals surface area contributed by atoms with E-state index in [9.17, 15) is 13.6 Å². The number of piperidine rings is 1. The number of carbonyl (C=O) groups is 1. The van der Waals surface area contributed by atoms with Crippen LogP contribution in [0.5, 0.6) is 5.75 Å². The summed E-state index contributed by atoms with van der Waals surface area (Å²) < 4.78 is 33.3.